The molecule has 0 atom stereocenters. The molecule has 18 heavy (non-hydrogen) atoms. The van der Waals surface area contributed by atoms with Crippen molar-refractivity contribution in [2.24, 2.45) is 0 Å². The minimum Gasteiger partial charge on any atom is -0.466 e. The van der Waals surface area contributed by atoms with Gasteiger partial charge in [0.05, 0.1) is 11.1 Å². The van der Waals surface area contributed by atoms with Gasteiger partial charge >= 0.3 is 0 Å². The smallest absolute Gasteiger partial charge is 0.189 e. The lowest BCUT2D eigenvalue weighted by atomic mass is 10.2. The Kier molecular flexibility index (Phi) is 8.00. The summed E-state index contributed by atoms with van der Waals surface area (Å²) in [6.07, 6.45) is 0. The molecule has 0 saturated carbocycles. The lowest BCUT2D eigenvalue weighted by Crippen LogP contribution is -2.19. The van der Waals surface area contributed by atoms with Crippen molar-refractivity contribution < 1.29 is 14.2 Å². The Morgan fingerprint density at radius 2 is 2.17 bits per heavy atom. The molecule has 1 rings (SSSR count). The molecule has 1 aromatic rings. The molecule has 0 spiro atoms. The zero-order valence-electron chi connectivity index (χ0n) is 10.9. The van der Waals surface area contributed by atoms with E-state index in [0.29, 0.717) is 13.2 Å². The van der Waals surface area contributed by atoms with Gasteiger partial charge in [0.2, 0.25) is 0 Å². The van der Waals surface area contributed by atoms with Gasteiger partial charge in [0.15, 0.2) is 6.79 Å². The molecule has 0 amide bonds. The Bertz CT molecular complexity index is 347. The molecule has 0 aromatic heterocycles. The van der Waals surface area contributed by atoms with Crippen LogP contribution in [0.1, 0.15) is 12.5 Å². The fourth-order valence-electron chi connectivity index (χ4n) is 1.44. The summed E-state index contributed by atoms with van der Waals surface area (Å²) in [5.74, 6) is 0.830. The minimum absolute atomic E-state index is 0.268. The number of halogens is 1. The molecule has 102 valence electrons. The highest BCUT2D eigenvalue weighted by Crippen LogP contribution is 2.29. The van der Waals surface area contributed by atoms with Crippen molar-refractivity contribution in [1.29, 1.82) is 0 Å². The van der Waals surface area contributed by atoms with Crippen LogP contribution in [-0.2, 0) is 16.0 Å². The first-order valence-electron chi connectivity index (χ1n) is 5.97. The summed E-state index contributed by atoms with van der Waals surface area (Å²) >= 11 is 3.49. The van der Waals surface area contributed by atoms with E-state index in [4.69, 9.17) is 14.2 Å². The lowest BCUT2D eigenvalue weighted by Gasteiger charge is -2.13. The quantitative estimate of drug-likeness (QED) is 0.561. The van der Waals surface area contributed by atoms with Crippen LogP contribution in [0.5, 0.6) is 5.75 Å². The van der Waals surface area contributed by atoms with E-state index in [1.165, 1.54) is 0 Å². The van der Waals surface area contributed by atoms with Crippen LogP contribution in [0.4, 0.5) is 0 Å². The topological polar surface area (TPSA) is 39.7 Å². The SMILES string of the molecule is CCOCOc1c(Br)cccc1CNCCOC. The first kappa shape index (κ1) is 15.4. The maximum atomic E-state index is 5.63. The summed E-state index contributed by atoms with van der Waals surface area (Å²) in [5, 5.41) is 3.29. The predicted octanol–water partition coefficient (Wildman–Crippen LogP) is 2.56. The number of hydrogen-bond acceptors (Lipinski definition) is 4. The van der Waals surface area contributed by atoms with Gasteiger partial charge in [-0.05, 0) is 28.9 Å². The predicted molar refractivity (Wildman–Crippen MR) is 74.8 cm³/mol. The van der Waals surface area contributed by atoms with Crippen molar-refractivity contribution in [3.05, 3.63) is 28.2 Å². The number of ether oxygens (including phenoxy) is 3. The average molecular weight is 318 g/mol. The Hall–Kier alpha value is -0.620. The second-order valence-electron chi connectivity index (χ2n) is 3.65. The fraction of sp³-hybridized carbons (Fsp3) is 0.538. The van der Waals surface area contributed by atoms with Crippen molar-refractivity contribution >= 4 is 15.9 Å². The first-order chi connectivity index (χ1) is 8.79. The summed E-state index contributed by atoms with van der Waals surface area (Å²) in [5.41, 5.74) is 1.10. The van der Waals surface area contributed by atoms with Crippen molar-refractivity contribution in [2.75, 3.05) is 33.7 Å². The van der Waals surface area contributed by atoms with E-state index < -0.39 is 0 Å². The summed E-state index contributed by atoms with van der Waals surface area (Å²) < 4.78 is 16.8. The second kappa shape index (κ2) is 9.33. The summed E-state index contributed by atoms with van der Waals surface area (Å²) in [6, 6.07) is 5.98. The largest absolute Gasteiger partial charge is 0.466 e. The van der Waals surface area contributed by atoms with Crippen LogP contribution in [0.25, 0.3) is 0 Å². The number of rotatable bonds is 9. The third-order valence-corrected chi connectivity index (χ3v) is 2.96. The highest BCUT2D eigenvalue weighted by atomic mass is 79.9. The van der Waals surface area contributed by atoms with Crippen LogP contribution in [0.2, 0.25) is 0 Å². The maximum Gasteiger partial charge on any atom is 0.189 e. The van der Waals surface area contributed by atoms with E-state index in [1.807, 2.05) is 25.1 Å². The zero-order chi connectivity index (χ0) is 13.2. The Morgan fingerprint density at radius 1 is 1.33 bits per heavy atom. The van der Waals surface area contributed by atoms with Crippen molar-refractivity contribution in [3.63, 3.8) is 0 Å². The third-order valence-electron chi connectivity index (χ3n) is 2.34. The fourth-order valence-corrected chi connectivity index (χ4v) is 1.96. The molecule has 0 aliphatic rings. The van der Waals surface area contributed by atoms with E-state index in [0.717, 1.165) is 28.9 Å². The maximum absolute atomic E-state index is 5.63. The Morgan fingerprint density at radius 3 is 2.89 bits per heavy atom. The van der Waals surface area contributed by atoms with Crippen LogP contribution in [-0.4, -0.2) is 33.7 Å². The van der Waals surface area contributed by atoms with Gasteiger partial charge < -0.3 is 19.5 Å². The van der Waals surface area contributed by atoms with E-state index >= 15 is 0 Å². The molecule has 0 unspecified atom stereocenters. The van der Waals surface area contributed by atoms with Gasteiger partial charge in [0.1, 0.15) is 5.75 Å². The van der Waals surface area contributed by atoms with Crippen LogP contribution in [0, 0.1) is 0 Å². The molecule has 0 bridgehead atoms. The molecule has 4 nitrogen and oxygen atoms in total. The number of nitrogens with one attached hydrogen (secondary N) is 1. The lowest BCUT2D eigenvalue weighted by molar-refractivity contribution is 0.0213. The van der Waals surface area contributed by atoms with E-state index in [9.17, 15) is 0 Å². The summed E-state index contributed by atoms with van der Waals surface area (Å²) in [6.45, 7) is 5.11. The molecule has 0 radical (unpaired) electrons. The molecule has 0 saturated heterocycles. The molecule has 0 aliphatic carbocycles. The van der Waals surface area contributed by atoms with Gasteiger partial charge in [0.25, 0.3) is 0 Å². The van der Waals surface area contributed by atoms with Crippen LogP contribution in [0.15, 0.2) is 22.7 Å². The van der Waals surface area contributed by atoms with Gasteiger partial charge in [-0.2, -0.15) is 0 Å². The van der Waals surface area contributed by atoms with Gasteiger partial charge in [-0.25, -0.2) is 0 Å². The Balaban J connectivity index is 2.56. The van der Waals surface area contributed by atoms with Gasteiger partial charge in [-0.1, -0.05) is 12.1 Å². The number of benzene rings is 1. The molecule has 5 heteroatoms. The molecule has 0 fully saturated rings. The van der Waals surface area contributed by atoms with Gasteiger partial charge in [0, 0.05) is 32.4 Å². The van der Waals surface area contributed by atoms with Crippen molar-refractivity contribution in [1.82, 2.24) is 5.32 Å². The highest BCUT2D eigenvalue weighted by molar-refractivity contribution is 9.10. The van der Waals surface area contributed by atoms with Crippen molar-refractivity contribution in [2.45, 2.75) is 13.5 Å². The van der Waals surface area contributed by atoms with Gasteiger partial charge in [-0.15, -0.1) is 0 Å². The molecule has 1 N–H and O–H groups in total. The number of para-hydroxylation sites is 1. The first-order valence-corrected chi connectivity index (χ1v) is 6.76. The van der Waals surface area contributed by atoms with E-state index in [1.54, 1.807) is 7.11 Å². The molecule has 1 aromatic carbocycles. The van der Waals surface area contributed by atoms with E-state index in [2.05, 4.69) is 21.2 Å². The highest BCUT2D eigenvalue weighted by Gasteiger charge is 2.07. The molecular formula is C13H20BrNO3. The monoisotopic (exact) mass is 317 g/mol. The molecule has 0 heterocycles. The Labute approximate surface area is 117 Å². The van der Waals surface area contributed by atoms with Crippen molar-refractivity contribution in [3.8, 4) is 5.75 Å². The van der Waals surface area contributed by atoms with E-state index in [-0.39, 0.29) is 6.79 Å². The molecular weight excluding hydrogens is 298 g/mol. The summed E-state index contributed by atoms with van der Waals surface area (Å²) in [7, 11) is 1.69. The zero-order valence-corrected chi connectivity index (χ0v) is 12.5. The third kappa shape index (κ3) is 5.35. The average Bonchev–Trinajstić information content (AvgIpc) is 2.37. The molecule has 0 aliphatic heterocycles. The van der Waals surface area contributed by atoms with Gasteiger partial charge in [-0.3, -0.25) is 0 Å². The standard InChI is InChI=1S/C13H20BrNO3/c1-3-17-10-18-13-11(5-4-6-12(13)14)9-15-7-8-16-2/h4-6,15H,3,7-10H2,1-2H3. The van der Waals surface area contributed by atoms with Crippen LogP contribution < -0.4 is 10.1 Å². The minimum atomic E-state index is 0.268. The normalized spacial score (nSPS) is 10.6. The number of hydrogen-bond donors (Lipinski definition) is 1. The second-order valence-corrected chi connectivity index (χ2v) is 4.51. The number of methoxy groups -OCH3 is 1. The summed E-state index contributed by atoms with van der Waals surface area (Å²) in [4.78, 5) is 0. The van der Waals surface area contributed by atoms with Crippen LogP contribution >= 0.6 is 15.9 Å². The van der Waals surface area contributed by atoms with Crippen LogP contribution in [0.3, 0.4) is 0 Å².